The number of allylic oxidation sites excluding steroid dienone is 1. The van der Waals surface area contributed by atoms with E-state index in [-0.39, 0.29) is 0 Å². The third kappa shape index (κ3) is 3.02. The van der Waals surface area contributed by atoms with E-state index in [9.17, 15) is 0 Å². The second-order valence-electron chi connectivity index (χ2n) is 10.5. The Labute approximate surface area is 217 Å². The maximum atomic E-state index is 4.11. The van der Waals surface area contributed by atoms with Crippen LogP contribution < -0.4 is 0 Å². The molecule has 0 aromatic heterocycles. The highest BCUT2D eigenvalue weighted by molar-refractivity contribution is 6.16. The Kier molecular flexibility index (Phi) is 4.37. The molecule has 0 heteroatoms. The van der Waals surface area contributed by atoms with Gasteiger partial charge in [0.05, 0.1) is 0 Å². The Morgan fingerprint density at radius 2 is 1.27 bits per heavy atom. The fourth-order valence-corrected chi connectivity index (χ4v) is 6.68. The van der Waals surface area contributed by atoms with E-state index in [1.165, 1.54) is 72.1 Å². The molecule has 2 unspecified atom stereocenters. The summed E-state index contributed by atoms with van der Waals surface area (Å²) < 4.78 is 0. The molecular weight excluding hydrogens is 444 g/mol. The van der Waals surface area contributed by atoms with Gasteiger partial charge in [0.1, 0.15) is 0 Å². The summed E-state index contributed by atoms with van der Waals surface area (Å²) >= 11 is 0. The molecule has 0 spiro atoms. The average molecular weight is 471 g/mol. The molecule has 0 nitrogen and oxygen atoms in total. The van der Waals surface area contributed by atoms with Crippen molar-refractivity contribution in [2.75, 3.05) is 0 Å². The van der Waals surface area contributed by atoms with Crippen molar-refractivity contribution in [1.29, 1.82) is 0 Å². The lowest BCUT2D eigenvalue weighted by molar-refractivity contribution is 1.00. The molecule has 8 rings (SSSR count). The maximum absolute atomic E-state index is 4.11. The van der Waals surface area contributed by atoms with Gasteiger partial charge in [-0.3, -0.25) is 0 Å². The second-order valence-corrected chi connectivity index (χ2v) is 10.5. The smallest absolute Gasteiger partial charge is 0.00234 e. The molecule has 0 N–H and O–H groups in total. The Morgan fingerprint density at radius 3 is 1.97 bits per heavy atom. The van der Waals surface area contributed by atoms with Crippen molar-refractivity contribution in [3.8, 4) is 22.3 Å². The standard InChI is InChI=1S/C37H26/c1-2-23-17-19-31-34(21-23)36(30-16-8-12-25-10-4-6-14-28(25)30)37-32(20-18-26-22-33(26)37)35(31)29-15-7-11-24-9-3-5-13-27(24)29/h2-21,26,33H,1,22H2. The monoisotopic (exact) mass is 470 g/mol. The molecule has 1 saturated carbocycles. The van der Waals surface area contributed by atoms with Gasteiger partial charge in [-0.1, -0.05) is 122 Å². The van der Waals surface area contributed by atoms with Gasteiger partial charge in [-0.25, -0.2) is 0 Å². The largest absolute Gasteiger partial charge is 0.0985 e. The first kappa shape index (κ1) is 20.7. The number of benzene rings is 6. The van der Waals surface area contributed by atoms with Crippen LogP contribution in [0.2, 0.25) is 0 Å². The number of rotatable bonds is 3. The van der Waals surface area contributed by atoms with Crippen molar-refractivity contribution in [1.82, 2.24) is 0 Å². The van der Waals surface area contributed by atoms with E-state index in [0.29, 0.717) is 11.8 Å². The first-order valence-electron chi connectivity index (χ1n) is 13.2. The van der Waals surface area contributed by atoms with Crippen molar-refractivity contribution in [3.63, 3.8) is 0 Å². The number of fused-ring (bicyclic) bond motifs is 6. The summed E-state index contributed by atoms with van der Waals surface area (Å²) in [7, 11) is 0. The van der Waals surface area contributed by atoms with Gasteiger partial charge in [0, 0.05) is 0 Å². The highest BCUT2D eigenvalue weighted by Crippen LogP contribution is 2.59. The Balaban J connectivity index is 1.59. The predicted molar refractivity (Wildman–Crippen MR) is 160 cm³/mol. The van der Waals surface area contributed by atoms with Gasteiger partial charge >= 0.3 is 0 Å². The summed E-state index contributed by atoms with van der Waals surface area (Å²) in [5, 5.41) is 7.85. The van der Waals surface area contributed by atoms with Crippen LogP contribution >= 0.6 is 0 Å². The summed E-state index contributed by atoms with van der Waals surface area (Å²) in [6, 6.07) is 38.0. The molecular formula is C37H26. The van der Waals surface area contributed by atoms with E-state index in [1.807, 2.05) is 6.08 Å². The maximum Gasteiger partial charge on any atom is -0.00234 e. The Bertz CT molecular complexity index is 1920. The minimum Gasteiger partial charge on any atom is -0.0985 e. The summed E-state index contributed by atoms with van der Waals surface area (Å²) in [5.41, 5.74) is 9.52. The molecule has 6 aromatic rings. The van der Waals surface area contributed by atoms with Crippen LogP contribution in [0, 0.1) is 5.92 Å². The predicted octanol–water partition coefficient (Wildman–Crippen LogP) is 10.3. The van der Waals surface area contributed by atoms with Gasteiger partial charge in [0.15, 0.2) is 0 Å². The van der Waals surface area contributed by atoms with E-state index < -0.39 is 0 Å². The molecule has 174 valence electrons. The SMILES string of the molecule is C=Cc1ccc2c(-c3cccc4ccccc34)c3c(c(-c4cccc5ccccc45)c2c1)C1CC1C=C3. The van der Waals surface area contributed by atoms with E-state index in [4.69, 9.17) is 0 Å². The summed E-state index contributed by atoms with van der Waals surface area (Å²) in [5.74, 6) is 1.24. The Morgan fingerprint density at radius 1 is 0.622 bits per heavy atom. The second kappa shape index (κ2) is 7.79. The molecule has 37 heavy (non-hydrogen) atoms. The van der Waals surface area contributed by atoms with Gasteiger partial charge < -0.3 is 0 Å². The summed E-state index contributed by atoms with van der Waals surface area (Å²) in [6.45, 7) is 4.11. The van der Waals surface area contributed by atoms with Crippen LogP contribution in [0.25, 0.3) is 66.7 Å². The minimum absolute atomic E-state index is 0.583. The van der Waals surface area contributed by atoms with Crippen molar-refractivity contribution in [3.05, 3.63) is 132 Å². The fourth-order valence-electron chi connectivity index (χ4n) is 6.68. The van der Waals surface area contributed by atoms with Gasteiger partial charge in [-0.15, -0.1) is 0 Å². The van der Waals surface area contributed by atoms with Crippen LogP contribution in [-0.2, 0) is 0 Å². The quantitative estimate of drug-likeness (QED) is 0.241. The molecule has 0 bridgehead atoms. The van der Waals surface area contributed by atoms with E-state index in [2.05, 4.69) is 122 Å². The van der Waals surface area contributed by atoms with Gasteiger partial charge in [-0.2, -0.15) is 0 Å². The first-order valence-corrected chi connectivity index (χ1v) is 13.2. The third-order valence-electron chi connectivity index (χ3n) is 8.49. The van der Waals surface area contributed by atoms with Crippen LogP contribution in [0.3, 0.4) is 0 Å². The zero-order valence-corrected chi connectivity index (χ0v) is 20.6. The molecule has 6 aromatic carbocycles. The zero-order valence-electron chi connectivity index (χ0n) is 20.6. The van der Waals surface area contributed by atoms with E-state index in [1.54, 1.807) is 0 Å². The third-order valence-corrected chi connectivity index (χ3v) is 8.49. The van der Waals surface area contributed by atoms with E-state index >= 15 is 0 Å². The lowest BCUT2D eigenvalue weighted by Crippen LogP contribution is -2.02. The van der Waals surface area contributed by atoms with Gasteiger partial charge in [0.2, 0.25) is 0 Å². The minimum atomic E-state index is 0.583. The highest BCUT2D eigenvalue weighted by atomic mass is 14.5. The van der Waals surface area contributed by atoms with Crippen LogP contribution in [0.5, 0.6) is 0 Å². The van der Waals surface area contributed by atoms with Crippen molar-refractivity contribution in [2.24, 2.45) is 5.92 Å². The molecule has 1 fully saturated rings. The highest BCUT2D eigenvalue weighted by Gasteiger charge is 2.43. The van der Waals surface area contributed by atoms with Crippen molar-refractivity contribution in [2.45, 2.75) is 12.3 Å². The average Bonchev–Trinajstić information content (AvgIpc) is 3.75. The van der Waals surface area contributed by atoms with Crippen LogP contribution in [0.1, 0.15) is 29.0 Å². The van der Waals surface area contributed by atoms with Crippen molar-refractivity contribution >= 4 is 44.5 Å². The van der Waals surface area contributed by atoms with Crippen LogP contribution in [0.4, 0.5) is 0 Å². The van der Waals surface area contributed by atoms with Crippen LogP contribution in [-0.4, -0.2) is 0 Å². The molecule has 2 atom stereocenters. The van der Waals surface area contributed by atoms with Crippen molar-refractivity contribution < 1.29 is 0 Å². The van der Waals surface area contributed by atoms with Gasteiger partial charge in [0.25, 0.3) is 0 Å². The first-order chi connectivity index (χ1) is 18.3. The Hall–Kier alpha value is -4.42. The molecule has 0 heterocycles. The zero-order chi connectivity index (χ0) is 24.5. The summed E-state index contributed by atoms with van der Waals surface area (Å²) in [6.07, 6.45) is 8.10. The molecule has 2 aliphatic rings. The molecule has 0 aliphatic heterocycles. The normalized spacial score (nSPS) is 17.6. The molecule has 0 radical (unpaired) electrons. The molecule has 2 aliphatic carbocycles. The van der Waals surface area contributed by atoms with Gasteiger partial charge in [-0.05, 0) is 95.6 Å². The lowest BCUT2D eigenvalue weighted by Gasteiger charge is -2.25. The van der Waals surface area contributed by atoms with Crippen LogP contribution in [0.15, 0.2) is 116 Å². The lowest BCUT2D eigenvalue weighted by atomic mass is 9.78. The number of hydrogen-bond acceptors (Lipinski definition) is 0. The number of hydrogen-bond donors (Lipinski definition) is 0. The molecule has 0 saturated heterocycles. The fraction of sp³-hybridized carbons (Fsp3) is 0.0811. The molecule has 0 amide bonds. The summed E-state index contributed by atoms with van der Waals surface area (Å²) in [4.78, 5) is 0. The topological polar surface area (TPSA) is 0 Å². The van der Waals surface area contributed by atoms with E-state index in [0.717, 1.165) is 5.56 Å².